The van der Waals surface area contributed by atoms with Crippen molar-refractivity contribution >= 4 is 46.2 Å². The molecule has 0 radical (unpaired) electrons. The van der Waals surface area contributed by atoms with Gasteiger partial charge in [-0.1, -0.05) is 12.1 Å². The zero-order valence-corrected chi connectivity index (χ0v) is 22.9. The maximum absolute atomic E-state index is 12.6. The van der Waals surface area contributed by atoms with E-state index in [4.69, 9.17) is 19.2 Å². The van der Waals surface area contributed by atoms with Gasteiger partial charge in [-0.05, 0) is 51.1 Å². The molecule has 11 heteroatoms. The van der Waals surface area contributed by atoms with Gasteiger partial charge in [0.15, 0.2) is 11.6 Å². The standard InChI is InChI=1S/C25H30IN7O3/c1-4-31-10-9-20-21(14-31)27-23(29-24(20)32-11-12-35-15-16(32)2)18-5-7-19(8-6-18)33(26)25(34)28-22-13-17(3)36-30-22/h5-8,13,16H,4,9-12,14-15H2,1-3H3,(H,28,30,34). The number of ether oxygens (including phenoxy) is 1. The second kappa shape index (κ2) is 10.7. The van der Waals surface area contributed by atoms with Gasteiger partial charge in [-0.15, -0.1) is 0 Å². The van der Waals surface area contributed by atoms with Crippen molar-refractivity contribution in [3.63, 3.8) is 0 Å². The lowest BCUT2D eigenvalue weighted by molar-refractivity contribution is 0.0983. The summed E-state index contributed by atoms with van der Waals surface area (Å²) in [6, 6.07) is 9.33. The number of urea groups is 1. The summed E-state index contributed by atoms with van der Waals surface area (Å²) in [6.07, 6.45) is 0.950. The van der Waals surface area contributed by atoms with Gasteiger partial charge in [-0.3, -0.25) is 10.2 Å². The number of likely N-dealkylation sites (N-methyl/N-ethyl adjacent to an activating group) is 1. The van der Waals surface area contributed by atoms with E-state index in [1.807, 2.05) is 47.1 Å². The minimum atomic E-state index is -0.315. The van der Waals surface area contributed by atoms with Crippen LogP contribution in [0, 0.1) is 6.92 Å². The molecule has 0 spiro atoms. The predicted molar refractivity (Wildman–Crippen MR) is 147 cm³/mol. The van der Waals surface area contributed by atoms with E-state index < -0.39 is 0 Å². The number of nitrogens with one attached hydrogen (secondary N) is 1. The van der Waals surface area contributed by atoms with Crippen LogP contribution in [0.2, 0.25) is 0 Å². The second-order valence-electron chi connectivity index (χ2n) is 9.11. The third-order valence-electron chi connectivity index (χ3n) is 6.60. The van der Waals surface area contributed by atoms with E-state index in [1.165, 1.54) is 8.68 Å². The highest BCUT2D eigenvalue weighted by Gasteiger charge is 2.28. The lowest BCUT2D eigenvalue weighted by Gasteiger charge is -2.37. The highest BCUT2D eigenvalue weighted by Crippen LogP contribution is 2.32. The van der Waals surface area contributed by atoms with Gasteiger partial charge in [0.2, 0.25) is 0 Å². The van der Waals surface area contributed by atoms with E-state index in [9.17, 15) is 4.79 Å². The minimum Gasteiger partial charge on any atom is -0.377 e. The van der Waals surface area contributed by atoms with Gasteiger partial charge in [0, 0.05) is 36.8 Å². The van der Waals surface area contributed by atoms with Gasteiger partial charge in [-0.25, -0.2) is 17.9 Å². The highest BCUT2D eigenvalue weighted by atomic mass is 127. The molecule has 1 atom stereocenters. The smallest absolute Gasteiger partial charge is 0.336 e. The first-order valence-corrected chi connectivity index (χ1v) is 13.2. The highest BCUT2D eigenvalue weighted by molar-refractivity contribution is 14.1. The maximum Gasteiger partial charge on any atom is 0.336 e. The van der Waals surface area contributed by atoms with E-state index in [2.05, 4.69) is 34.1 Å². The Labute approximate surface area is 224 Å². The summed E-state index contributed by atoms with van der Waals surface area (Å²) in [7, 11) is 0. The number of morpholine rings is 1. The van der Waals surface area contributed by atoms with Crippen LogP contribution in [0.5, 0.6) is 0 Å². The van der Waals surface area contributed by atoms with Crippen LogP contribution in [-0.2, 0) is 17.7 Å². The Morgan fingerprint density at radius 1 is 1.25 bits per heavy atom. The molecule has 2 aromatic heterocycles. The molecule has 190 valence electrons. The molecule has 0 bridgehead atoms. The van der Waals surface area contributed by atoms with Crippen molar-refractivity contribution in [1.82, 2.24) is 20.0 Å². The average Bonchev–Trinajstić information content (AvgIpc) is 3.31. The van der Waals surface area contributed by atoms with Gasteiger partial charge < -0.3 is 14.2 Å². The van der Waals surface area contributed by atoms with Crippen LogP contribution in [0.3, 0.4) is 0 Å². The first kappa shape index (κ1) is 24.9. The number of hydrogen-bond donors (Lipinski definition) is 1. The molecule has 1 N–H and O–H groups in total. The van der Waals surface area contributed by atoms with Crippen LogP contribution in [0.1, 0.15) is 30.9 Å². The summed E-state index contributed by atoms with van der Waals surface area (Å²) in [5, 5.41) is 6.54. The minimum absolute atomic E-state index is 0.261. The number of aromatic nitrogens is 3. The van der Waals surface area contributed by atoms with Crippen LogP contribution in [0.4, 0.5) is 22.1 Å². The largest absolute Gasteiger partial charge is 0.377 e. The molecule has 2 aliphatic heterocycles. The summed E-state index contributed by atoms with van der Waals surface area (Å²) in [4.78, 5) is 27.5. The van der Waals surface area contributed by atoms with Crippen molar-refractivity contribution < 1.29 is 14.1 Å². The number of benzene rings is 1. The average molecular weight is 603 g/mol. The van der Waals surface area contributed by atoms with Crippen LogP contribution in [0.25, 0.3) is 11.4 Å². The number of halogens is 1. The van der Waals surface area contributed by atoms with E-state index in [1.54, 1.807) is 13.0 Å². The fourth-order valence-corrected chi connectivity index (χ4v) is 5.03. The summed E-state index contributed by atoms with van der Waals surface area (Å²) >= 11 is 1.97. The maximum atomic E-state index is 12.6. The molecule has 2 aliphatic rings. The van der Waals surface area contributed by atoms with Crippen molar-refractivity contribution in [1.29, 1.82) is 0 Å². The molecule has 1 aromatic carbocycles. The number of carbonyl (C=O) groups is 1. The molecule has 1 saturated heterocycles. The molecular weight excluding hydrogens is 573 g/mol. The Balaban J connectivity index is 1.42. The quantitative estimate of drug-likeness (QED) is 0.338. The summed E-state index contributed by atoms with van der Waals surface area (Å²) in [6.45, 7) is 11.2. The predicted octanol–water partition coefficient (Wildman–Crippen LogP) is 4.43. The molecule has 4 heterocycles. The molecule has 0 aliphatic carbocycles. The first-order valence-electron chi connectivity index (χ1n) is 12.2. The summed E-state index contributed by atoms with van der Waals surface area (Å²) in [5.74, 6) is 2.75. The number of fused-ring (bicyclic) bond motifs is 1. The van der Waals surface area contributed by atoms with Crippen LogP contribution >= 0.6 is 22.9 Å². The molecule has 1 unspecified atom stereocenters. The zero-order valence-electron chi connectivity index (χ0n) is 20.7. The van der Waals surface area contributed by atoms with Gasteiger partial charge in [0.25, 0.3) is 0 Å². The molecular formula is C25H30IN7O3. The summed E-state index contributed by atoms with van der Waals surface area (Å²) < 4.78 is 12.2. The Hall–Kier alpha value is -2.77. The Morgan fingerprint density at radius 2 is 2.06 bits per heavy atom. The summed E-state index contributed by atoms with van der Waals surface area (Å²) in [5.41, 5.74) is 4.00. The van der Waals surface area contributed by atoms with E-state index in [0.717, 1.165) is 55.4 Å². The number of nitrogens with zero attached hydrogens (tertiary/aromatic N) is 6. The van der Waals surface area contributed by atoms with Crippen LogP contribution in [0.15, 0.2) is 34.9 Å². The third-order valence-corrected chi connectivity index (χ3v) is 7.60. The number of hydrogen-bond acceptors (Lipinski definition) is 8. The van der Waals surface area contributed by atoms with Gasteiger partial charge in [-0.2, -0.15) is 0 Å². The van der Waals surface area contributed by atoms with Crippen LogP contribution in [-0.4, -0.2) is 64.9 Å². The normalized spacial score (nSPS) is 18.1. The number of amides is 2. The molecule has 3 aromatic rings. The monoisotopic (exact) mass is 603 g/mol. The number of rotatable bonds is 5. The zero-order chi connectivity index (χ0) is 25.2. The number of carbonyl (C=O) groups excluding carboxylic acids is 1. The number of anilines is 3. The van der Waals surface area contributed by atoms with Crippen molar-refractivity contribution in [2.24, 2.45) is 0 Å². The third kappa shape index (κ3) is 5.18. The SMILES string of the molecule is CCN1CCc2c(nc(-c3ccc(N(I)C(=O)Nc4cc(C)on4)cc3)nc2N2CCOCC2C)C1. The van der Waals surface area contributed by atoms with Gasteiger partial charge in [0.1, 0.15) is 11.6 Å². The molecule has 5 rings (SSSR count). The van der Waals surface area contributed by atoms with E-state index >= 15 is 0 Å². The molecule has 0 saturated carbocycles. The van der Waals surface area contributed by atoms with Gasteiger partial charge in [0.05, 0.1) is 53.5 Å². The van der Waals surface area contributed by atoms with Crippen molar-refractivity contribution in [2.45, 2.75) is 39.8 Å². The Kier molecular flexibility index (Phi) is 7.39. The lowest BCUT2D eigenvalue weighted by Crippen LogP contribution is -2.45. The lowest BCUT2D eigenvalue weighted by atomic mass is 10.0. The molecule has 36 heavy (non-hydrogen) atoms. The van der Waals surface area contributed by atoms with Gasteiger partial charge >= 0.3 is 6.03 Å². The van der Waals surface area contributed by atoms with Crippen molar-refractivity contribution in [3.05, 3.63) is 47.3 Å². The fraction of sp³-hybridized carbons (Fsp3) is 0.440. The fourth-order valence-electron chi connectivity index (χ4n) is 4.59. The molecule has 10 nitrogen and oxygen atoms in total. The van der Waals surface area contributed by atoms with Crippen molar-refractivity contribution in [2.75, 3.05) is 46.2 Å². The van der Waals surface area contributed by atoms with Crippen molar-refractivity contribution in [3.8, 4) is 11.4 Å². The first-order chi connectivity index (χ1) is 17.4. The Morgan fingerprint density at radius 3 is 2.75 bits per heavy atom. The molecule has 2 amide bonds. The van der Waals surface area contributed by atoms with E-state index in [-0.39, 0.29) is 12.1 Å². The van der Waals surface area contributed by atoms with Crippen LogP contribution < -0.4 is 13.3 Å². The second-order valence-corrected chi connectivity index (χ2v) is 10.1. The Bertz CT molecular complexity index is 1230. The topological polar surface area (TPSA) is 99.9 Å². The van der Waals surface area contributed by atoms with E-state index in [0.29, 0.717) is 30.6 Å². The number of aryl methyl sites for hydroxylation is 1. The molecule has 1 fully saturated rings.